The third-order valence-corrected chi connectivity index (χ3v) is 7.73. The number of esters is 2. The third-order valence-electron chi connectivity index (χ3n) is 7.73. The molecule has 4 aliphatic rings. The summed E-state index contributed by atoms with van der Waals surface area (Å²) in [5.41, 5.74) is 2.54. The Hall–Kier alpha value is -2.54. The highest BCUT2D eigenvalue weighted by Crippen LogP contribution is 2.55. The van der Waals surface area contributed by atoms with Crippen molar-refractivity contribution in [3.8, 4) is 5.75 Å². The van der Waals surface area contributed by atoms with E-state index >= 15 is 0 Å². The van der Waals surface area contributed by atoms with Gasteiger partial charge in [0, 0.05) is 42.7 Å². The Balaban J connectivity index is 1.64. The third kappa shape index (κ3) is 3.20. The fraction of sp³-hybridized carbons (Fsp3) is 0.600. The normalized spacial score (nSPS) is 30.5. The molecule has 1 aromatic carbocycles. The molecule has 3 fully saturated rings. The lowest BCUT2D eigenvalue weighted by Gasteiger charge is -2.58. The minimum atomic E-state index is -0.726. The molecule has 0 amide bonds. The minimum absolute atomic E-state index is 0.0401. The predicted molar refractivity (Wildman–Crippen MR) is 120 cm³/mol. The Morgan fingerprint density at radius 2 is 2.12 bits per heavy atom. The molecule has 1 saturated carbocycles. The van der Waals surface area contributed by atoms with Crippen molar-refractivity contribution >= 4 is 22.8 Å². The molecule has 32 heavy (non-hydrogen) atoms. The van der Waals surface area contributed by atoms with E-state index < -0.39 is 5.41 Å². The molecular weight excluding hydrogens is 408 g/mol. The fourth-order valence-corrected chi connectivity index (χ4v) is 6.74. The van der Waals surface area contributed by atoms with Gasteiger partial charge in [-0.2, -0.15) is 0 Å². The number of piperidine rings is 2. The molecule has 0 radical (unpaired) electrons. The summed E-state index contributed by atoms with van der Waals surface area (Å²) in [5, 5.41) is 1.13. The van der Waals surface area contributed by atoms with E-state index in [0.29, 0.717) is 19.1 Å². The maximum absolute atomic E-state index is 13.8. The van der Waals surface area contributed by atoms with Crippen molar-refractivity contribution in [1.29, 1.82) is 0 Å². The fourth-order valence-electron chi connectivity index (χ4n) is 6.74. The van der Waals surface area contributed by atoms with Crippen LogP contribution in [0, 0.1) is 11.8 Å². The summed E-state index contributed by atoms with van der Waals surface area (Å²) in [5.74, 6) is 1.13. The van der Waals surface area contributed by atoms with Crippen LogP contribution in [-0.4, -0.2) is 61.3 Å². The zero-order valence-corrected chi connectivity index (χ0v) is 19.1. The van der Waals surface area contributed by atoms with Crippen LogP contribution in [0.1, 0.15) is 44.4 Å². The Morgan fingerprint density at radius 3 is 2.88 bits per heavy atom. The standard InChI is InChI=1S/C25H32N2O5/c1-4-31-24(29)25-13-16-11-17(8-10-32-15(2)28)23(25)27(14-16)9-7-19-20-12-18(30-3)5-6-21(20)26-22(19)25/h5-6,12,16-17,23,26H,4,7-11,13-14H2,1-3H3/t16-,17+,23+,25-/m1/s1. The van der Waals surface area contributed by atoms with Crippen LogP contribution in [0.5, 0.6) is 5.75 Å². The number of aromatic nitrogens is 1. The molecule has 1 unspecified atom stereocenters. The summed E-state index contributed by atoms with van der Waals surface area (Å²) in [7, 11) is 1.68. The molecule has 4 heterocycles. The van der Waals surface area contributed by atoms with Crippen LogP contribution < -0.4 is 4.74 Å². The van der Waals surface area contributed by atoms with Gasteiger partial charge in [-0.1, -0.05) is 0 Å². The number of nitrogens with zero attached hydrogens (tertiary/aromatic N) is 1. The summed E-state index contributed by atoms with van der Waals surface area (Å²) >= 11 is 0. The van der Waals surface area contributed by atoms with E-state index in [-0.39, 0.29) is 23.9 Å². The minimum Gasteiger partial charge on any atom is -0.497 e. The molecular formula is C25H32N2O5. The number of hydrogen-bond donors (Lipinski definition) is 1. The number of H-pyrrole nitrogens is 1. The molecule has 5 atom stereocenters. The SMILES string of the molecule is CCOC(=O)[C@@]12C[C@H]3C[C@H](CCOC(C)=O)[C@@H]1N(CCc1c2[nH]c2ccc(OC)cc12)C3. The Bertz CT molecular complexity index is 1050. The highest BCUT2D eigenvalue weighted by molar-refractivity contribution is 5.92. The largest absolute Gasteiger partial charge is 0.497 e. The second-order valence-corrected chi connectivity index (χ2v) is 9.47. The molecule has 3 aliphatic heterocycles. The number of hydrogen-bond acceptors (Lipinski definition) is 6. The highest BCUT2D eigenvalue weighted by atomic mass is 16.5. The number of methoxy groups -OCH3 is 1. The van der Waals surface area contributed by atoms with E-state index in [0.717, 1.165) is 61.1 Å². The molecule has 6 rings (SSSR count). The number of ether oxygens (including phenoxy) is 3. The number of benzene rings is 1. The maximum atomic E-state index is 13.8. The van der Waals surface area contributed by atoms with Gasteiger partial charge < -0.3 is 19.2 Å². The second-order valence-electron chi connectivity index (χ2n) is 9.47. The number of carbonyl (C=O) groups is 2. The summed E-state index contributed by atoms with van der Waals surface area (Å²) in [6, 6.07) is 6.11. The summed E-state index contributed by atoms with van der Waals surface area (Å²) in [4.78, 5) is 31.3. The number of rotatable bonds is 6. The van der Waals surface area contributed by atoms with Crippen LogP contribution in [0.25, 0.3) is 10.9 Å². The monoisotopic (exact) mass is 440 g/mol. The van der Waals surface area contributed by atoms with Gasteiger partial charge in [-0.3, -0.25) is 14.5 Å². The lowest BCUT2D eigenvalue weighted by Crippen LogP contribution is -2.67. The first-order valence-electron chi connectivity index (χ1n) is 11.7. The van der Waals surface area contributed by atoms with Crippen LogP contribution in [0.3, 0.4) is 0 Å². The van der Waals surface area contributed by atoms with Crippen molar-refractivity contribution in [1.82, 2.24) is 9.88 Å². The molecule has 1 aromatic heterocycles. The maximum Gasteiger partial charge on any atom is 0.319 e. The van der Waals surface area contributed by atoms with Crippen molar-refractivity contribution in [2.75, 3.05) is 33.4 Å². The van der Waals surface area contributed by atoms with E-state index in [2.05, 4.69) is 16.0 Å². The van der Waals surface area contributed by atoms with Crippen LogP contribution >= 0.6 is 0 Å². The summed E-state index contributed by atoms with van der Waals surface area (Å²) < 4.78 is 16.5. The van der Waals surface area contributed by atoms with Crippen LogP contribution in [-0.2, 0) is 30.9 Å². The zero-order valence-electron chi connectivity index (χ0n) is 19.1. The Labute approximate surface area is 188 Å². The van der Waals surface area contributed by atoms with Crippen LogP contribution in [0.4, 0.5) is 0 Å². The van der Waals surface area contributed by atoms with E-state index in [4.69, 9.17) is 14.2 Å². The summed E-state index contributed by atoms with van der Waals surface area (Å²) in [6.07, 6.45) is 3.51. The molecule has 172 valence electrons. The highest BCUT2D eigenvalue weighted by Gasteiger charge is 2.63. The topological polar surface area (TPSA) is 80.9 Å². The van der Waals surface area contributed by atoms with E-state index in [1.165, 1.54) is 12.5 Å². The quantitative estimate of drug-likeness (QED) is 0.695. The second kappa shape index (κ2) is 8.10. The molecule has 0 spiro atoms. The van der Waals surface area contributed by atoms with Gasteiger partial charge in [0.1, 0.15) is 11.2 Å². The number of nitrogens with one attached hydrogen (secondary N) is 1. The van der Waals surface area contributed by atoms with Gasteiger partial charge in [-0.25, -0.2) is 0 Å². The van der Waals surface area contributed by atoms with Gasteiger partial charge in [0.05, 0.1) is 20.3 Å². The first-order valence-corrected chi connectivity index (χ1v) is 11.7. The van der Waals surface area contributed by atoms with Gasteiger partial charge in [0.25, 0.3) is 0 Å². The van der Waals surface area contributed by atoms with Crippen molar-refractivity contribution < 1.29 is 23.8 Å². The molecule has 2 aromatic rings. The molecule has 4 bridgehead atoms. The smallest absolute Gasteiger partial charge is 0.319 e. The van der Waals surface area contributed by atoms with Gasteiger partial charge in [0.15, 0.2) is 0 Å². The molecule has 2 saturated heterocycles. The first kappa shape index (κ1) is 21.3. The first-order chi connectivity index (χ1) is 15.5. The lowest BCUT2D eigenvalue weighted by molar-refractivity contribution is -0.166. The lowest BCUT2D eigenvalue weighted by atomic mass is 9.56. The Kier molecular flexibility index (Phi) is 5.40. The predicted octanol–water partition coefficient (Wildman–Crippen LogP) is 3.20. The molecule has 7 heteroatoms. The van der Waals surface area contributed by atoms with Crippen molar-refractivity contribution in [2.24, 2.45) is 11.8 Å². The number of aromatic amines is 1. The average molecular weight is 441 g/mol. The van der Waals surface area contributed by atoms with Gasteiger partial charge >= 0.3 is 11.9 Å². The number of carbonyl (C=O) groups excluding carboxylic acids is 2. The molecule has 1 aliphatic carbocycles. The zero-order chi connectivity index (χ0) is 22.5. The van der Waals surface area contributed by atoms with Gasteiger partial charge in [-0.05, 0) is 68.2 Å². The van der Waals surface area contributed by atoms with Crippen molar-refractivity contribution in [3.63, 3.8) is 0 Å². The average Bonchev–Trinajstić information content (AvgIpc) is 3.11. The van der Waals surface area contributed by atoms with Crippen LogP contribution in [0.2, 0.25) is 0 Å². The van der Waals surface area contributed by atoms with Crippen LogP contribution in [0.15, 0.2) is 18.2 Å². The summed E-state index contributed by atoms with van der Waals surface area (Å²) in [6.45, 7) is 6.00. The van der Waals surface area contributed by atoms with Gasteiger partial charge in [-0.15, -0.1) is 0 Å². The van der Waals surface area contributed by atoms with Gasteiger partial charge in [0.2, 0.25) is 0 Å². The van der Waals surface area contributed by atoms with E-state index in [1.54, 1.807) is 7.11 Å². The number of fused-ring (bicyclic) bond motifs is 4. The van der Waals surface area contributed by atoms with E-state index in [9.17, 15) is 9.59 Å². The molecule has 1 N–H and O–H groups in total. The van der Waals surface area contributed by atoms with E-state index in [1.807, 2.05) is 19.1 Å². The van der Waals surface area contributed by atoms with Crippen molar-refractivity contribution in [3.05, 3.63) is 29.5 Å². The Morgan fingerprint density at radius 1 is 1.28 bits per heavy atom. The molecule has 7 nitrogen and oxygen atoms in total. The van der Waals surface area contributed by atoms with Crippen molar-refractivity contribution in [2.45, 2.75) is 51.0 Å².